The number of carbonyl (C=O) groups is 1. The molecule has 1 N–H and O–H groups in total. The van der Waals surface area contributed by atoms with E-state index in [4.69, 9.17) is 0 Å². The summed E-state index contributed by atoms with van der Waals surface area (Å²) in [4.78, 5) is 21.5. The van der Waals surface area contributed by atoms with Crippen LogP contribution < -0.4 is 5.32 Å². The number of amides is 1. The molecule has 3 nitrogen and oxygen atoms in total. The molecule has 1 atom stereocenters. The molecular weight excluding hydrogens is 222 g/mol. The first-order valence-corrected chi connectivity index (χ1v) is 6.65. The van der Waals surface area contributed by atoms with Gasteiger partial charge < -0.3 is 5.32 Å². The second kappa shape index (κ2) is 11.0. The van der Waals surface area contributed by atoms with Gasteiger partial charge in [-0.3, -0.25) is 9.59 Å². The zero-order valence-electron chi connectivity index (χ0n) is 10.00. The molecule has 0 aromatic rings. The van der Waals surface area contributed by atoms with Crippen LogP contribution in [0.5, 0.6) is 0 Å². The summed E-state index contributed by atoms with van der Waals surface area (Å²) in [7, 11) is 0. The van der Waals surface area contributed by atoms with Gasteiger partial charge in [0.1, 0.15) is 0 Å². The summed E-state index contributed by atoms with van der Waals surface area (Å²) in [6, 6.07) is -0.453. The summed E-state index contributed by atoms with van der Waals surface area (Å²) < 4.78 is 0. The van der Waals surface area contributed by atoms with Crippen LogP contribution in [0.15, 0.2) is 0 Å². The maximum atomic E-state index is 11.0. The first-order chi connectivity index (χ1) is 7.74. The lowest BCUT2D eigenvalue weighted by atomic mass is 10.1. The summed E-state index contributed by atoms with van der Waals surface area (Å²) in [5.41, 5.74) is 0. The van der Waals surface area contributed by atoms with E-state index < -0.39 is 6.04 Å². The van der Waals surface area contributed by atoms with Gasteiger partial charge in [-0.25, -0.2) is 0 Å². The van der Waals surface area contributed by atoms with Gasteiger partial charge in [0.05, 0.1) is 11.8 Å². The Bertz CT molecular complexity index is 197. The minimum Gasteiger partial charge on any atom is -0.345 e. The van der Waals surface area contributed by atoms with Crippen molar-refractivity contribution in [1.29, 1.82) is 0 Å². The van der Waals surface area contributed by atoms with Crippen molar-refractivity contribution in [3.63, 3.8) is 0 Å². The minimum atomic E-state index is -0.453. The lowest BCUT2D eigenvalue weighted by molar-refractivity contribution is -0.118. The van der Waals surface area contributed by atoms with Gasteiger partial charge in [-0.1, -0.05) is 45.4 Å². The van der Waals surface area contributed by atoms with Gasteiger partial charge in [-0.15, -0.1) is 0 Å². The summed E-state index contributed by atoms with van der Waals surface area (Å²) in [6.07, 6.45) is 9.62. The highest BCUT2D eigenvalue weighted by atomic mass is 32.1. The molecule has 0 saturated carbocycles. The molecule has 0 aromatic heterocycles. The minimum absolute atomic E-state index is 0.120. The molecule has 1 unspecified atom stereocenters. The van der Waals surface area contributed by atoms with E-state index in [2.05, 4.69) is 24.9 Å². The molecule has 0 aliphatic heterocycles. The Labute approximate surface area is 104 Å². The fourth-order valence-electron chi connectivity index (χ4n) is 1.53. The van der Waals surface area contributed by atoms with Crippen LogP contribution in [0.25, 0.3) is 0 Å². The Morgan fingerprint density at radius 3 is 2.44 bits per heavy atom. The van der Waals surface area contributed by atoms with Crippen molar-refractivity contribution in [1.82, 2.24) is 5.32 Å². The molecule has 0 bridgehead atoms. The van der Waals surface area contributed by atoms with Crippen LogP contribution in [0.4, 0.5) is 0 Å². The molecule has 0 aliphatic rings. The third-order valence-electron chi connectivity index (χ3n) is 2.47. The quantitative estimate of drug-likeness (QED) is 0.457. The molecule has 1 amide bonds. The van der Waals surface area contributed by atoms with Crippen molar-refractivity contribution >= 4 is 24.8 Å². The van der Waals surface area contributed by atoms with Crippen molar-refractivity contribution in [2.24, 2.45) is 0 Å². The Kier molecular flexibility index (Phi) is 10.6. The normalized spacial score (nSPS) is 12.1. The average Bonchev–Trinajstić information content (AvgIpc) is 2.31. The Balaban J connectivity index is 3.48. The fraction of sp³-hybridized carbons (Fsp3) is 0.833. The van der Waals surface area contributed by atoms with Crippen LogP contribution in [-0.2, 0) is 9.59 Å². The lowest BCUT2D eigenvalue weighted by Gasteiger charge is -2.10. The van der Waals surface area contributed by atoms with Gasteiger partial charge in [0, 0.05) is 0 Å². The molecule has 0 spiro atoms. The van der Waals surface area contributed by atoms with E-state index in [-0.39, 0.29) is 11.7 Å². The van der Waals surface area contributed by atoms with E-state index >= 15 is 0 Å². The molecule has 16 heavy (non-hydrogen) atoms. The zero-order chi connectivity index (χ0) is 12.2. The number of carbonyl (C=O) groups excluding carboxylic acids is 2. The van der Waals surface area contributed by atoms with Crippen LogP contribution in [0.2, 0.25) is 0 Å². The van der Waals surface area contributed by atoms with Gasteiger partial charge in [-0.2, -0.15) is 12.6 Å². The number of hydrogen-bond acceptors (Lipinski definition) is 3. The molecule has 0 rings (SSSR count). The molecule has 93 valence electrons. The van der Waals surface area contributed by atoms with Crippen LogP contribution in [0.3, 0.4) is 0 Å². The Hall–Kier alpha value is -0.510. The predicted molar refractivity (Wildman–Crippen MR) is 69.5 cm³/mol. The predicted octanol–water partition coefficient (Wildman–Crippen LogP) is 2.26. The van der Waals surface area contributed by atoms with E-state index in [0.29, 0.717) is 6.42 Å². The highest BCUT2D eigenvalue weighted by molar-refractivity contribution is 7.81. The SMILES string of the molecule is CCCCCCCCC([C]=O)NC(=O)CS. The number of rotatable bonds is 10. The third kappa shape index (κ3) is 8.77. The monoisotopic (exact) mass is 244 g/mol. The number of hydrogen-bond donors (Lipinski definition) is 2. The summed E-state index contributed by atoms with van der Waals surface area (Å²) >= 11 is 3.83. The van der Waals surface area contributed by atoms with Gasteiger partial charge in [0.25, 0.3) is 0 Å². The van der Waals surface area contributed by atoms with E-state index in [1.807, 2.05) is 6.29 Å². The standard InChI is InChI=1S/C12H22NO2S/c1-2-3-4-5-6-7-8-11(9-14)13-12(15)10-16/h11,16H,2-8,10H2,1H3,(H,13,15). The third-order valence-corrected chi connectivity index (χ3v) is 2.75. The highest BCUT2D eigenvalue weighted by Crippen LogP contribution is 2.08. The first-order valence-electron chi connectivity index (χ1n) is 6.02. The van der Waals surface area contributed by atoms with Crippen molar-refractivity contribution < 1.29 is 9.59 Å². The molecule has 0 saturated heterocycles. The summed E-state index contributed by atoms with van der Waals surface area (Å²) in [6.45, 7) is 2.18. The second-order valence-electron chi connectivity index (χ2n) is 3.95. The molecule has 4 heteroatoms. The van der Waals surface area contributed by atoms with Crippen molar-refractivity contribution in [2.45, 2.75) is 57.9 Å². The molecule has 0 aromatic carbocycles. The maximum Gasteiger partial charge on any atom is 0.230 e. The van der Waals surface area contributed by atoms with Gasteiger partial charge >= 0.3 is 0 Å². The molecule has 0 aliphatic carbocycles. The van der Waals surface area contributed by atoms with Crippen molar-refractivity contribution in [3.05, 3.63) is 0 Å². The van der Waals surface area contributed by atoms with Crippen LogP contribution >= 0.6 is 12.6 Å². The maximum absolute atomic E-state index is 11.0. The largest absolute Gasteiger partial charge is 0.345 e. The number of thiol groups is 1. The number of unbranched alkanes of at least 4 members (excludes halogenated alkanes) is 5. The van der Waals surface area contributed by atoms with Crippen LogP contribution in [-0.4, -0.2) is 24.0 Å². The summed E-state index contributed by atoms with van der Waals surface area (Å²) in [5.74, 6) is -0.0861. The summed E-state index contributed by atoms with van der Waals surface area (Å²) in [5, 5.41) is 2.58. The van der Waals surface area contributed by atoms with E-state index in [0.717, 1.165) is 12.8 Å². The molecular formula is C12H22NO2S. The van der Waals surface area contributed by atoms with E-state index in [9.17, 15) is 9.59 Å². The molecule has 0 heterocycles. The smallest absolute Gasteiger partial charge is 0.230 e. The van der Waals surface area contributed by atoms with E-state index in [1.54, 1.807) is 0 Å². The second-order valence-corrected chi connectivity index (χ2v) is 4.27. The molecule has 1 radical (unpaired) electrons. The lowest BCUT2D eigenvalue weighted by Crippen LogP contribution is -2.36. The van der Waals surface area contributed by atoms with Gasteiger partial charge in [0.15, 0.2) is 0 Å². The van der Waals surface area contributed by atoms with Crippen molar-refractivity contribution in [2.75, 3.05) is 5.75 Å². The van der Waals surface area contributed by atoms with Crippen molar-refractivity contribution in [3.8, 4) is 0 Å². The van der Waals surface area contributed by atoms with Crippen LogP contribution in [0.1, 0.15) is 51.9 Å². The Morgan fingerprint density at radius 1 is 1.25 bits per heavy atom. The fourth-order valence-corrected chi connectivity index (χ4v) is 1.62. The average molecular weight is 244 g/mol. The number of nitrogens with one attached hydrogen (secondary N) is 1. The topological polar surface area (TPSA) is 46.2 Å². The van der Waals surface area contributed by atoms with Gasteiger partial charge in [0.2, 0.25) is 12.2 Å². The first kappa shape index (κ1) is 15.5. The van der Waals surface area contributed by atoms with Crippen LogP contribution in [0, 0.1) is 0 Å². The zero-order valence-corrected chi connectivity index (χ0v) is 10.9. The van der Waals surface area contributed by atoms with E-state index in [1.165, 1.54) is 25.7 Å². The Morgan fingerprint density at radius 2 is 1.88 bits per heavy atom. The van der Waals surface area contributed by atoms with Gasteiger partial charge in [-0.05, 0) is 6.42 Å². The highest BCUT2D eigenvalue weighted by Gasteiger charge is 2.10. The molecule has 0 fully saturated rings.